The number of piperidine rings is 1. The number of likely N-dealkylation sites (N-methyl/N-ethyl adjacent to an activating group) is 1. The number of nitrogens with zero attached hydrogens (tertiary/aromatic N) is 2. The van der Waals surface area contributed by atoms with Gasteiger partial charge < -0.3 is 15.1 Å². The van der Waals surface area contributed by atoms with Crippen molar-refractivity contribution in [3.05, 3.63) is 87.6 Å². The molecule has 1 fully saturated rings. The second kappa shape index (κ2) is 11.0. The van der Waals surface area contributed by atoms with Crippen LogP contribution >= 0.6 is 0 Å². The van der Waals surface area contributed by atoms with Gasteiger partial charge in [0.1, 0.15) is 5.67 Å². The molecule has 1 saturated heterocycles. The zero-order valence-electron chi connectivity index (χ0n) is 24.0. The summed E-state index contributed by atoms with van der Waals surface area (Å²) in [4.78, 5) is 4.84. The lowest BCUT2D eigenvalue weighted by Gasteiger charge is -2.36. The Bertz CT molecular complexity index is 1150. The first-order valence-corrected chi connectivity index (χ1v) is 13.9. The molecule has 1 atom stereocenters. The molecule has 1 unspecified atom stereocenters. The second-order valence-corrected chi connectivity index (χ2v) is 11.9. The van der Waals surface area contributed by atoms with Crippen molar-refractivity contribution < 1.29 is 4.39 Å². The highest BCUT2D eigenvalue weighted by molar-refractivity contribution is 5.66. The summed E-state index contributed by atoms with van der Waals surface area (Å²) in [6.07, 6.45) is 3.32. The van der Waals surface area contributed by atoms with E-state index in [1.807, 2.05) is 12.1 Å². The van der Waals surface area contributed by atoms with Gasteiger partial charge in [-0.25, -0.2) is 4.39 Å². The van der Waals surface area contributed by atoms with Crippen LogP contribution in [0.25, 0.3) is 5.70 Å². The van der Waals surface area contributed by atoms with Gasteiger partial charge in [-0.05, 0) is 108 Å². The van der Waals surface area contributed by atoms with Crippen molar-refractivity contribution in [2.24, 2.45) is 0 Å². The Morgan fingerprint density at radius 2 is 1.68 bits per heavy atom. The maximum absolute atomic E-state index is 14.3. The molecule has 2 aromatic carbocycles. The Balaban J connectivity index is 1.44. The number of halogens is 1. The molecule has 0 radical (unpaired) electrons. The van der Waals surface area contributed by atoms with Gasteiger partial charge in [-0.3, -0.25) is 0 Å². The van der Waals surface area contributed by atoms with Crippen LogP contribution in [0, 0.1) is 13.8 Å². The van der Waals surface area contributed by atoms with Gasteiger partial charge in [-0.2, -0.15) is 0 Å². The number of likely N-dealkylation sites (tertiary alicyclic amines) is 1. The summed E-state index contributed by atoms with van der Waals surface area (Å²) in [5, 5.41) is 3.83. The van der Waals surface area contributed by atoms with E-state index in [0.717, 1.165) is 56.7 Å². The minimum atomic E-state index is -1.29. The molecule has 2 aliphatic heterocycles. The summed E-state index contributed by atoms with van der Waals surface area (Å²) in [5.41, 5.74) is 9.98. The maximum Gasteiger partial charge on any atom is 0.130 e. The van der Waals surface area contributed by atoms with Crippen molar-refractivity contribution in [3.8, 4) is 0 Å². The number of alkyl halides is 1. The topological polar surface area (TPSA) is 18.5 Å². The van der Waals surface area contributed by atoms with Crippen molar-refractivity contribution in [2.45, 2.75) is 78.4 Å². The predicted octanol–water partition coefficient (Wildman–Crippen LogP) is 7.62. The molecule has 200 valence electrons. The van der Waals surface area contributed by atoms with Gasteiger partial charge in [-0.15, -0.1) is 0 Å². The summed E-state index contributed by atoms with van der Waals surface area (Å²) in [7, 11) is 2.20. The molecule has 3 nitrogen and oxygen atoms in total. The number of benzene rings is 2. The lowest BCUT2D eigenvalue weighted by Crippen LogP contribution is -2.34. The molecule has 2 aromatic rings. The van der Waals surface area contributed by atoms with Crippen LogP contribution in [-0.4, -0.2) is 43.0 Å². The number of nitrogens with one attached hydrogen (secondary N) is 1. The van der Waals surface area contributed by atoms with Crippen LogP contribution in [0.4, 0.5) is 4.39 Å². The largest absolute Gasteiger partial charge is 0.381 e. The monoisotopic (exact) mass is 503 g/mol. The molecule has 37 heavy (non-hydrogen) atoms. The Morgan fingerprint density at radius 3 is 2.30 bits per heavy atom. The van der Waals surface area contributed by atoms with E-state index in [2.05, 4.69) is 80.7 Å². The molecule has 0 bridgehead atoms. The summed E-state index contributed by atoms with van der Waals surface area (Å²) < 4.78 is 14.3. The minimum absolute atomic E-state index is 0.242. The average Bonchev–Trinajstić information content (AvgIpc) is 2.85. The summed E-state index contributed by atoms with van der Waals surface area (Å²) >= 11 is 0. The Hall–Kier alpha value is -2.59. The second-order valence-electron chi connectivity index (χ2n) is 11.9. The molecule has 0 spiro atoms. The molecule has 1 N–H and O–H groups in total. The van der Waals surface area contributed by atoms with Crippen LogP contribution in [0.15, 0.2) is 54.2 Å². The highest BCUT2D eigenvalue weighted by Crippen LogP contribution is 2.35. The normalized spacial score (nSPS) is 18.8. The summed E-state index contributed by atoms with van der Waals surface area (Å²) in [6, 6.07) is 13.1. The van der Waals surface area contributed by atoms with Crippen LogP contribution in [0.1, 0.15) is 92.3 Å². The summed E-state index contributed by atoms with van der Waals surface area (Å²) in [6.45, 7) is 20.9. The van der Waals surface area contributed by atoms with E-state index >= 15 is 0 Å². The van der Waals surface area contributed by atoms with Crippen molar-refractivity contribution in [1.29, 1.82) is 0 Å². The Kier molecular flexibility index (Phi) is 8.18. The van der Waals surface area contributed by atoms with E-state index in [1.54, 1.807) is 13.8 Å². The number of hydrogen-bond donors (Lipinski definition) is 1. The maximum atomic E-state index is 14.3. The van der Waals surface area contributed by atoms with E-state index in [9.17, 15) is 4.39 Å². The zero-order chi connectivity index (χ0) is 26.9. The quantitative estimate of drug-likeness (QED) is 0.419. The summed E-state index contributed by atoms with van der Waals surface area (Å²) in [5.74, 6) is 0.518. The first-order chi connectivity index (χ1) is 17.4. The van der Waals surface area contributed by atoms with Gasteiger partial charge in [0.2, 0.25) is 0 Å². The van der Waals surface area contributed by atoms with E-state index in [-0.39, 0.29) is 6.04 Å². The molecule has 0 aromatic heterocycles. The smallest absolute Gasteiger partial charge is 0.130 e. The lowest BCUT2D eigenvalue weighted by molar-refractivity contribution is 0.221. The third-order valence-electron chi connectivity index (χ3n) is 8.54. The third kappa shape index (κ3) is 6.29. The van der Waals surface area contributed by atoms with E-state index in [4.69, 9.17) is 0 Å². The van der Waals surface area contributed by atoms with Gasteiger partial charge >= 0.3 is 0 Å². The van der Waals surface area contributed by atoms with Gasteiger partial charge in [-0.1, -0.05) is 42.5 Å². The van der Waals surface area contributed by atoms with Crippen LogP contribution in [0.2, 0.25) is 0 Å². The highest BCUT2D eigenvalue weighted by atomic mass is 19.1. The van der Waals surface area contributed by atoms with Gasteiger partial charge in [0.05, 0.1) is 0 Å². The van der Waals surface area contributed by atoms with E-state index < -0.39 is 5.67 Å². The van der Waals surface area contributed by atoms with E-state index in [0.29, 0.717) is 5.92 Å². The van der Waals surface area contributed by atoms with Gasteiger partial charge in [0.25, 0.3) is 0 Å². The van der Waals surface area contributed by atoms with Gasteiger partial charge in [0, 0.05) is 49.2 Å². The SMILES string of the molecule is C=C(c1cc(C(C)NC2=C(C)CCN(C)C2)c(C)cc1C)N1CCC(c2ccc(C(C)(C)F)cc2)CC1. The van der Waals surface area contributed by atoms with Crippen molar-refractivity contribution in [1.82, 2.24) is 15.1 Å². The predicted molar refractivity (Wildman–Crippen MR) is 155 cm³/mol. The average molecular weight is 504 g/mol. The molecule has 2 aliphatic rings. The molecule has 0 saturated carbocycles. The molecule has 0 aliphatic carbocycles. The molecule has 2 heterocycles. The van der Waals surface area contributed by atoms with Crippen molar-refractivity contribution in [3.63, 3.8) is 0 Å². The van der Waals surface area contributed by atoms with E-state index in [1.165, 1.54) is 39.1 Å². The lowest BCUT2D eigenvalue weighted by atomic mass is 9.87. The number of aryl methyl sites for hydroxylation is 2. The third-order valence-corrected chi connectivity index (χ3v) is 8.54. The molecular formula is C33H46FN3. The minimum Gasteiger partial charge on any atom is -0.381 e. The van der Waals surface area contributed by atoms with Crippen LogP contribution in [0.3, 0.4) is 0 Å². The molecule has 4 heteroatoms. The van der Waals surface area contributed by atoms with Crippen molar-refractivity contribution in [2.75, 3.05) is 33.2 Å². The highest BCUT2D eigenvalue weighted by Gasteiger charge is 2.25. The number of hydrogen-bond acceptors (Lipinski definition) is 3. The standard InChI is InChI=1S/C33H46FN3/c1-22-13-16-36(8)21-32(22)35-25(4)30-20-31(24(3)19-23(30)2)26(5)37-17-14-28(15-18-37)27-9-11-29(12-10-27)33(6,7)34/h9-12,19-20,25,28,35H,5,13-18,21H2,1-4,6-8H3. The van der Waals surface area contributed by atoms with Crippen LogP contribution in [-0.2, 0) is 5.67 Å². The molecule has 0 amide bonds. The van der Waals surface area contributed by atoms with Gasteiger partial charge in [0.15, 0.2) is 0 Å². The fraction of sp³-hybridized carbons (Fsp3) is 0.515. The van der Waals surface area contributed by atoms with Crippen LogP contribution in [0.5, 0.6) is 0 Å². The fourth-order valence-corrected chi connectivity index (χ4v) is 5.95. The number of rotatable bonds is 7. The Labute approximate surface area is 224 Å². The fourth-order valence-electron chi connectivity index (χ4n) is 5.95. The molecular weight excluding hydrogens is 457 g/mol. The first kappa shape index (κ1) is 27.4. The van der Waals surface area contributed by atoms with Crippen LogP contribution < -0.4 is 5.32 Å². The van der Waals surface area contributed by atoms with Crippen molar-refractivity contribution >= 4 is 5.70 Å². The zero-order valence-corrected chi connectivity index (χ0v) is 24.0. The molecule has 4 rings (SSSR count). The Morgan fingerprint density at radius 1 is 1.03 bits per heavy atom. The first-order valence-electron chi connectivity index (χ1n) is 13.9.